The number of hydrogen-bond donors (Lipinski definition) is 0. The predicted octanol–water partition coefficient (Wildman–Crippen LogP) is 6.72. The summed E-state index contributed by atoms with van der Waals surface area (Å²) in [5, 5.41) is 9.76. The molecule has 4 rings (SSSR count). The van der Waals surface area contributed by atoms with Crippen LogP contribution in [0.5, 0.6) is 5.88 Å². The Morgan fingerprint density at radius 3 is 2.19 bits per heavy atom. The van der Waals surface area contributed by atoms with E-state index in [0.717, 1.165) is 22.4 Å². The van der Waals surface area contributed by atoms with Gasteiger partial charge in [0.1, 0.15) is 11.8 Å². The van der Waals surface area contributed by atoms with Crippen LogP contribution in [0.25, 0.3) is 6.08 Å². The zero-order valence-electron chi connectivity index (χ0n) is 18.4. The zero-order valence-corrected chi connectivity index (χ0v) is 18.4. The van der Waals surface area contributed by atoms with E-state index in [2.05, 4.69) is 23.2 Å². The summed E-state index contributed by atoms with van der Waals surface area (Å²) in [4.78, 5) is 9.42. The molecule has 1 aromatic heterocycles. The molecule has 0 N–H and O–H groups in total. The van der Waals surface area contributed by atoms with Crippen molar-refractivity contribution in [3.63, 3.8) is 0 Å². The lowest BCUT2D eigenvalue weighted by atomic mass is 9.89. The number of ether oxygens (including phenoxy) is 1. The fourth-order valence-corrected chi connectivity index (χ4v) is 4.13. The number of allylic oxidation sites excluding steroid dienone is 1. The van der Waals surface area contributed by atoms with E-state index in [1.54, 1.807) is 7.11 Å². The van der Waals surface area contributed by atoms with Crippen LogP contribution in [0, 0.1) is 17.2 Å². The Hall–Kier alpha value is -3.71. The minimum absolute atomic E-state index is 0.251. The average molecular weight is 422 g/mol. The number of nitrogens with zero attached hydrogens (tertiary/aromatic N) is 3. The molecule has 1 saturated carbocycles. The number of aliphatic imine (C=N–C) groups is 1. The molecule has 3 aromatic rings. The van der Waals surface area contributed by atoms with Gasteiger partial charge < -0.3 is 4.74 Å². The highest BCUT2D eigenvalue weighted by Crippen LogP contribution is 2.30. The van der Waals surface area contributed by atoms with E-state index in [0.29, 0.717) is 17.5 Å². The van der Waals surface area contributed by atoms with Crippen LogP contribution >= 0.6 is 0 Å². The average Bonchev–Trinajstić information content (AvgIpc) is 2.87. The van der Waals surface area contributed by atoms with E-state index in [1.165, 1.54) is 32.1 Å². The van der Waals surface area contributed by atoms with Gasteiger partial charge in [0.15, 0.2) is 5.69 Å². The van der Waals surface area contributed by atoms with Crippen LogP contribution in [-0.2, 0) is 0 Å². The molecule has 0 saturated heterocycles. The number of pyridine rings is 1. The topological polar surface area (TPSA) is 58.3 Å². The molecule has 0 radical (unpaired) electrons. The van der Waals surface area contributed by atoms with Gasteiger partial charge in [0.05, 0.1) is 12.8 Å². The van der Waals surface area contributed by atoms with Crippen LogP contribution < -0.4 is 4.74 Å². The Morgan fingerprint density at radius 2 is 1.62 bits per heavy atom. The van der Waals surface area contributed by atoms with E-state index in [4.69, 9.17) is 9.73 Å². The van der Waals surface area contributed by atoms with E-state index in [1.807, 2.05) is 66.7 Å². The molecular weight excluding hydrogens is 394 g/mol. The summed E-state index contributed by atoms with van der Waals surface area (Å²) in [7, 11) is 1.59. The standard InChI is InChI=1S/C28H27N3O/c1-32-28-24(18-17-21-11-5-2-6-12-21)19-25(26(20-29)31-28)30-27(22-13-7-3-8-14-22)23-15-9-4-10-16-23/h3-4,7-10,13-19,21H,2,5-6,11-12H2,1H3/b18-17+. The van der Waals surface area contributed by atoms with Gasteiger partial charge in [0, 0.05) is 16.7 Å². The normalized spacial score (nSPS) is 14.1. The third-order valence-corrected chi connectivity index (χ3v) is 5.82. The number of benzene rings is 2. The molecule has 32 heavy (non-hydrogen) atoms. The summed E-state index contributed by atoms with van der Waals surface area (Å²) >= 11 is 0. The molecular formula is C28H27N3O. The Kier molecular flexibility index (Phi) is 7.09. The first-order valence-corrected chi connectivity index (χ1v) is 11.2. The van der Waals surface area contributed by atoms with E-state index in [-0.39, 0.29) is 5.69 Å². The van der Waals surface area contributed by atoms with E-state index in [9.17, 15) is 5.26 Å². The van der Waals surface area contributed by atoms with Gasteiger partial charge in [0.25, 0.3) is 0 Å². The fraction of sp³-hybridized carbons (Fsp3) is 0.250. The van der Waals surface area contributed by atoms with Gasteiger partial charge >= 0.3 is 0 Å². The van der Waals surface area contributed by atoms with E-state index < -0.39 is 0 Å². The Labute approximate surface area is 189 Å². The number of rotatable bonds is 6. The van der Waals surface area contributed by atoms with Crippen molar-refractivity contribution in [3.05, 3.63) is 95.2 Å². The molecule has 2 aromatic carbocycles. The van der Waals surface area contributed by atoms with Gasteiger partial charge in [-0.2, -0.15) is 10.2 Å². The van der Waals surface area contributed by atoms with Crippen molar-refractivity contribution >= 4 is 17.5 Å². The fourth-order valence-electron chi connectivity index (χ4n) is 4.13. The van der Waals surface area contributed by atoms with Crippen molar-refractivity contribution in [1.29, 1.82) is 5.26 Å². The van der Waals surface area contributed by atoms with Gasteiger partial charge in [-0.25, -0.2) is 4.99 Å². The molecule has 0 amide bonds. The highest BCUT2D eigenvalue weighted by Gasteiger charge is 2.15. The van der Waals surface area contributed by atoms with Crippen LogP contribution in [-0.4, -0.2) is 17.8 Å². The molecule has 160 valence electrons. The van der Waals surface area contributed by atoms with Crippen LogP contribution in [0.3, 0.4) is 0 Å². The summed E-state index contributed by atoms with van der Waals surface area (Å²) in [5.41, 5.74) is 4.41. The number of aromatic nitrogens is 1. The van der Waals surface area contributed by atoms with Crippen molar-refractivity contribution in [3.8, 4) is 11.9 Å². The third-order valence-electron chi connectivity index (χ3n) is 5.82. The summed E-state index contributed by atoms with van der Waals surface area (Å²) in [6.45, 7) is 0. The number of nitriles is 1. The van der Waals surface area contributed by atoms with Crippen molar-refractivity contribution in [1.82, 2.24) is 4.98 Å². The molecule has 1 fully saturated rings. The first-order valence-electron chi connectivity index (χ1n) is 11.2. The highest BCUT2D eigenvalue weighted by molar-refractivity contribution is 6.14. The third kappa shape index (κ3) is 5.12. The van der Waals surface area contributed by atoms with Crippen LogP contribution in [0.2, 0.25) is 0 Å². The Bertz CT molecular complexity index is 1100. The maximum absolute atomic E-state index is 9.76. The van der Waals surface area contributed by atoms with E-state index >= 15 is 0 Å². The summed E-state index contributed by atoms with van der Waals surface area (Å²) in [6.07, 6.45) is 10.7. The van der Waals surface area contributed by atoms with Gasteiger partial charge in [-0.3, -0.25) is 0 Å². The van der Waals surface area contributed by atoms with Crippen LogP contribution in [0.15, 0.2) is 77.8 Å². The SMILES string of the molecule is COc1nc(C#N)c(N=C(c2ccccc2)c2ccccc2)cc1/C=C/C1CCCCC1. The molecule has 0 atom stereocenters. The zero-order chi connectivity index (χ0) is 22.2. The first-order chi connectivity index (χ1) is 15.8. The summed E-state index contributed by atoms with van der Waals surface area (Å²) < 4.78 is 5.50. The van der Waals surface area contributed by atoms with Gasteiger partial charge in [-0.05, 0) is 24.8 Å². The Balaban J connectivity index is 1.80. The minimum atomic E-state index is 0.251. The lowest BCUT2D eigenvalue weighted by molar-refractivity contribution is 0.396. The second-order valence-corrected chi connectivity index (χ2v) is 8.02. The van der Waals surface area contributed by atoms with Crippen molar-refractivity contribution < 1.29 is 4.74 Å². The van der Waals surface area contributed by atoms with Gasteiger partial charge in [-0.15, -0.1) is 0 Å². The molecule has 1 aliphatic rings. The molecule has 0 aliphatic heterocycles. The second kappa shape index (κ2) is 10.5. The number of hydrogen-bond acceptors (Lipinski definition) is 4. The van der Waals surface area contributed by atoms with Crippen molar-refractivity contribution in [2.75, 3.05) is 7.11 Å². The van der Waals surface area contributed by atoms with Gasteiger partial charge in [0.2, 0.25) is 5.88 Å². The monoisotopic (exact) mass is 421 g/mol. The highest BCUT2D eigenvalue weighted by atomic mass is 16.5. The van der Waals surface area contributed by atoms with Crippen LogP contribution in [0.1, 0.15) is 54.5 Å². The predicted molar refractivity (Wildman–Crippen MR) is 129 cm³/mol. The molecule has 1 heterocycles. The molecule has 4 heteroatoms. The van der Waals surface area contributed by atoms with Crippen molar-refractivity contribution in [2.24, 2.45) is 10.9 Å². The molecule has 4 nitrogen and oxygen atoms in total. The smallest absolute Gasteiger partial charge is 0.221 e. The summed E-state index contributed by atoms with van der Waals surface area (Å²) in [6, 6.07) is 24.1. The maximum Gasteiger partial charge on any atom is 0.221 e. The van der Waals surface area contributed by atoms with Crippen LogP contribution in [0.4, 0.5) is 5.69 Å². The largest absolute Gasteiger partial charge is 0.481 e. The second-order valence-electron chi connectivity index (χ2n) is 8.02. The first kappa shape index (κ1) is 21.5. The van der Waals surface area contributed by atoms with Gasteiger partial charge in [-0.1, -0.05) is 92.1 Å². The maximum atomic E-state index is 9.76. The molecule has 1 aliphatic carbocycles. The lowest BCUT2D eigenvalue weighted by Crippen LogP contribution is -2.04. The number of methoxy groups -OCH3 is 1. The molecule has 0 bridgehead atoms. The molecule has 0 spiro atoms. The Morgan fingerprint density at radius 1 is 1.00 bits per heavy atom. The quantitative estimate of drug-likeness (QED) is 0.415. The minimum Gasteiger partial charge on any atom is -0.481 e. The lowest BCUT2D eigenvalue weighted by Gasteiger charge is -2.18. The molecule has 0 unspecified atom stereocenters. The van der Waals surface area contributed by atoms with Crippen molar-refractivity contribution in [2.45, 2.75) is 32.1 Å². The summed E-state index contributed by atoms with van der Waals surface area (Å²) in [5.74, 6) is 1.04.